The molecule has 0 aromatic heterocycles. The van der Waals surface area contributed by atoms with Crippen molar-refractivity contribution in [3.05, 3.63) is 113 Å². The van der Waals surface area contributed by atoms with Gasteiger partial charge in [0, 0.05) is 36.3 Å². The third kappa shape index (κ3) is 9.52. The second kappa shape index (κ2) is 15.9. The molecule has 0 fully saturated rings. The van der Waals surface area contributed by atoms with Crippen LogP contribution in [0.2, 0.25) is 0 Å². The standard InChI is InChI=1S/C30H30F4N4O2.CH3NO/c1-4-38(3)28(36-24-11-6-5-7-12-24)26(19(2)35)27(20-13-15-23(31)16-14-20)25(18-39)37-29(40)21-9-8-10-22(17-21)30(32,33)34;2-1-3/h5-18,25,27H,4,35H2,1-3H3,(H,37,40);1H,(H2,2,3)/b26-19-,36-28?;. The number of primary amides is 1. The number of nitrogens with zero attached hydrogens (tertiary/aromatic N) is 2. The quantitative estimate of drug-likeness (QED) is 0.139. The van der Waals surface area contributed by atoms with Gasteiger partial charge in [0.25, 0.3) is 5.91 Å². The minimum Gasteiger partial charge on any atom is -0.402 e. The fourth-order valence-corrected chi connectivity index (χ4v) is 4.18. The van der Waals surface area contributed by atoms with Crippen molar-refractivity contribution in [1.82, 2.24) is 10.2 Å². The maximum Gasteiger partial charge on any atom is 0.416 e. The summed E-state index contributed by atoms with van der Waals surface area (Å²) in [6.07, 6.45) is -3.92. The monoisotopic (exact) mass is 599 g/mol. The lowest BCUT2D eigenvalue weighted by molar-refractivity contribution is -0.137. The average Bonchev–Trinajstić information content (AvgIpc) is 2.98. The average molecular weight is 600 g/mol. The van der Waals surface area contributed by atoms with Gasteiger partial charge in [0.05, 0.1) is 17.3 Å². The number of aldehydes is 1. The van der Waals surface area contributed by atoms with Gasteiger partial charge in [0.1, 0.15) is 17.9 Å². The number of allylic oxidation sites excluding steroid dienone is 1. The van der Waals surface area contributed by atoms with E-state index in [1.165, 1.54) is 30.3 Å². The van der Waals surface area contributed by atoms with Gasteiger partial charge in [-0.25, -0.2) is 9.38 Å². The fourth-order valence-electron chi connectivity index (χ4n) is 4.18. The summed E-state index contributed by atoms with van der Waals surface area (Å²) in [6, 6.07) is 16.9. The van der Waals surface area contributed by atoms with Crippen LogP contribution in [-0.2, 0) is 15.8 Å². The van der Waals surface area contributed by atoms with Crippen molar-refractivity contribution in [2.24, 2.45) is 16.5 Å². The van der Waals surface area contributed by atoms with E-state index in [-0.39, 0.29) is 17.7 Å². The Morgan fingerprint density at radius 2 is 1.63 bits per heavy atom. The molecular formula is C31H33F4N5O3. The Kier molecular flexibility index (Phi) is 12.6. The van der Waals surface area contributed by atoms with Crippen molar-refractivity contribution in [2.45, 2.75) is 32.0 Å². The summed E-state index contributed by atoms with van der Waals surface area (Å²) in [6.45, 7) is 4.01. The van der Waals surface area contributed by atoms with E-state index in [1.807, 2.05) is 30.0 Å². The van der Waals surface area contributed by atoms with E-state index in [1.54, 1.807) is 26.1 Å². The van der Waals surface area contributed by atoms with Crippen LogP contribution in [-0.4, -0.2) is 49.0 Å². The van der Waals surface area contributed by atoms with E-state index in [4.69, 9.17) is 15.5 Å². The van der Waals surface area contributed by atoms with Gasteiger partial charge in [-0.05, 0) is 61.9 Å². The van der Waals surface area contributed by atoms with Crippen LogP contribution >= 0.6 is 0 Å². The first kappa shape index (κ1) is 34.2. The summed E-state index contributed by atoms with van der Waals surface area (Å²) >= 11 is 0. The number of carbonyl (C=O) groups excluding carboxylic acids is 3. The number of nitrogens with two attached hydrogens (primary N) is 2. The SMILES string of the molecule is CCN(C)C(=Nc1ccccc1)/C(=C(/C)N)C(c1ccc(F)cc1)C(C=O)NC(=O)c1cccc(C(F)(F)F)c1.NC=O. The summed E-state index contributed by atoms with van der Waals surface area (Å²) in [5, 5.41) is 2.55. The second-order valence-corrected chi connectivity index (χ2v) is 9.26. The van der Waals surface area contributed by atoms with E-state index in [0.717, 1.165) is 12.1 Å². The first-order valence-corrected chi connectivity index (χ1v) is 13.0. The van der Waals surface area contributed by atoms with Gasteiger partial charge < -0.3 is 26.5 Å². The molecule has 3 rings (SSSR count). The molecule has 0 spiro atoms. The first-order valence-electron chi connectivity index (χ1n) is 13.0. The van der Waals surface area contributed by atoms with Crippen molar-refractivity contribution < 1.29 is 31.9 Å². The highest BCUT2D eigenvalue weighted by molar-refractivity contribution is 6.03. The number of hydrogen-bond acceptors (Lipinski definition) is 5. The minimum absolute atomic E-state index is 0.250. The summed E-state index contributed by atoms with van der Waals surface area (Å²) in [4.78, 5) is 40.9. The van der Waals surface area contributed by atoms with Gasteiger partial charge in [-0.1, -0.05) is 36.4 Å². The largest absolute Gasteiger partial charge is 0.416 e. The molecule has 0 saturated heterocycles. The maximum atomic E-state index is 13.9. The summed E-state index contributed by atoms with van der Waals surface area (Å²) < 4.78 is 53.7. The number of aliphatic imine (C=N–C) groups is 1. The van der Waals surface area contributed by atoms with Crippen molar-refractivity contribution in [3.63, 3.8) is 0 Å². The number of amidine groups is 1. The molecule has 0 aliphatic carbocycles. The first-order chi connectivity index (χ1) is 20.4. The van der Waals surface area contributed by atoms with Gasteiger partial charge in [0.2, 0.25) is 6.41 Å². The molecule has 0 aliphatic rings. The van der Waals surface area contributed by atoms with E-state index in [0.29, 0.717) is 41.6 Å². The molecule has 2 unspecified atom stereocenters. The van der Waals surface area contributed by atoms with Crippen LogP contribution in [0.5, 0.6) is 0 Å². The van der Waals surface area contributed by atoms with Crippen molar-refractivity contribution in [2.75, 3.05) is 13.6 Å². The number of amides is 2. The van der Waals surface area contributed by atoms with Crippen molar-refractivity contribution in [3.8, 4) is 0 Å². The number of alkyl halides is 3. The van der Waals surface area contributed by atoms with E-state index >= 15 is 0 Å². The highest BCUT2D eigenvalue weighted by Gasteiger charge is 2.34. The van der Waals surface area contributed by atoms with E-state index in [2.05, 4.69) is 11.1 Å². The van der Waals surface area contributed by atoms with Crippen molar-refractivity contribution in [1.29, 1.82) is 0 Å². The van der Waals surface area contributed by atoms with Crippen molar-refractivity contribution >= 4 is 30.1 Å². The van der Waals surface area contributed by atoms with Gasteiger partial charge in [-0.2, -0.15) is 13.2 Å². The fraction of sp³-hybridized carbons (Fsp3) is 0.226. The van der Waals surface area contributed by atoms with Gasteiger partial charge in [0.15, 0.2) is 0 Å². The number of halogens is 4. The van der Waals surface area contributed by atoms with Crippen LogP contribution < -0.4 is 16.8 Å². The predicted octanol–water partition coefficient (Wildman–Crippen LogP) is 4.94. The molecule has 228 valence electrons. The Bertz CT molecular complexity index is 1440. The summed E-state index contributed by atoms with van der Waals surface area (Å²) in [5.41, 5.74) is 11.0. The van der Waals surface area contributed by atoms with Crippen LogP contribution in [0.1, 0.15) is 41.3 Å². The Hall–Kier alpha value is -5.00. The molecule has 0 aliphatic heterocycles. The lowest BCUT2D eigenvalue weighted by Gasteiger charge is -2.32. The molecule has 0 bridgehead atoms. The lowest BCUT2D eigenvalue weighted by Crippen LogP contribution is -2.44. The predicted molar refractivity (Wildman–Crippen MR) is 157 cm³/mol. The summed E-state index contributed by atoms with van der Waals surface area (Å²) in [5.74, 6) is -1.97. The van der Waals surface area contributed by atoms with Gasteiger partial charge >= 0.3 is 6.18 Å². The van der Waals surface area contributed by atoms with Crippen LogP contribution in [0.25, 0.3) is 0 Å². The molecule has 3 aromatic rings. The zero-order valence-corrected chi connectivity index (χ0v) is 23.8. The topological polar surface area (TPSA) is 131 Å². The molecule has 0 radical (unpaired) electrons. The molecule has 2 amide bonds. The number of para-hydroxylation sites is 1. The number of likely N-dealkylation sites (N-methyl/N-ethyl adjacent to an activating group) is 1. The highest BCUT2D eigenvalue weighted by Crippen LogP contribution is 2.33. The highest BCUT2D eigenvalue weighted by atomic mass is 19.4. The molecule has 12 heteroatoms. The number of carbonyl (C=O) groups is 3. The molecule has 2 atom stereocenters. The van der Waals surface area contributed by atoms with E-state index < -0.39 is 35.4 Å². The Morgan fingerprint density at radius 1 is 1.02 bits per heavy atom. The third-order valence-corrected chi connectivity index (χ3v) is 6.29. The lowest BCUT2D eigenvalue weighted by atomic mass is 9.82. The number of hydrogen-bond donors (Lipinski definition) is 3. The third-order valence-electron chi connectivity index (χ3n) is 6.29. The van der Waals surface area contributed by atoms with Crippen LogP contribution in [0.3, 0.4) is 0 Å². The number of nitrogens with one attached hydrogen (secondary N) is 1. The molecule has 0 saturated carbocycles. The maximum absolute atomic E-state index is 13.9. The van der Waals surface area contributed by atoms with Gasteiger partial charge in [-0.15, -0.1) is 0 Å². The van der Waals surface area contributed by atoms with Crippen LogP contribution in [0.4, 0.5) is 23.2 Å². The Labute approximate surface area is 247 Å². The molecular weight excluding hydrogens is 566 g/mol. The molecule has 8 nitrogen and oxygen atoms in total. The second-order valence-electron chi connectivity index (χ2n) is 9.26. The number of rotatable bonds is 9. The molecule has 3 aromatic carbocycles. The minimum atomic E-state index is -4.66. The van der Waals surface area contributed by atoms with Crippen LogP contribution in [0.15, 0.2) is 95.1 Å². The van der Waals surface area contributed by atoms with E-state index in [9.17, 15) is 27.2 Å². The zero-order chi connectivity index (χ0) is 32.2. The zero-order valence-electron chi connectivity index (χ0n) is 23.8. The summed E-state index contributed by atoms with van der Waals surface area (Å²) in [7, 11) is 1.78. The molecule has 43 heavy (non-hydrogen) atoms. The smallest absolute Gasteiger partial charge is 0.402 e. The Morgan fingerprint density at radius 3 is 2.14 bits per heavy atom. The number of benzene rings is 3. The van der Waals surface area contributed by atoms with Crippen LogP contribution in [0, 0.1) is 5.82 Å². The normalized spacial score (nSPS) is 13.4. The molecule has 5 N–H and O–H groups in total. The molecule has 0 heterocycles. The van der Waals surface area contributed by atoms with Gasteiger partial charge in [-0.3, -0.25) is 9.59 Å². The Balaban J connectivity index is 0.00000206.